The number of hydrogen-bond acceptors (Lipinski definition) is 3. The van der Waals surface area contributed by atoms with Crippen molar-refractivity contribution in [3.8, 4) is 0 Å². The second-order valence-electron chi connectivity index (χ2n) is 8.76. The Balaban J connectivity index is 1.56. The summed E-state index contributed by atoms with van der Waals surface area (Å²) in [4.78, 5) is 12.3. The molecule has 4 atom stereocenters. The third-order valence-electron chi connectivity index (χ3n) is 7.02. The van der Waals surface area contributed by atoms with Gasteiger partial charge in [-0.2, -0.15) is 26.3 Å². The number of aryl methyl sites for hydroxylation is 1. The van der Waals surface area contributed by atoms with Crippen LogP contribution in [0.3, 0.4) is 0 Å². The number of rotatable bonds is 4. The summed E-state index contributed by atoms with van der Waals surface area (Å²) in [5, 5.41) is 6.47. The number of fused-ring (bicyclic) bond motifs is 3. The fraction of sp³-hybridized carbons (Fsp3) is 0.545. The molecule has 1 heterocycles. The largest absolute Gasteiger partial charge is 0.435 e. The van der Waals surface area contributed by atoms with Gasteiger partial charge in [-0.25, -0.2) is 4.39 Å². The molecule has 2 aliphatic carbocycles. The molecule has 180 valence electrons. The number of alkyl halides is 7. The van der Waals surface area contributed by atoms with E-state index in [1.54, 1.807) is 0 Å². The van der Waals surface area contributed by atoms with Gasteiger partial charge in [0, 0.05) is 17.7 Å². The number of aromatic nitrogens is 1. The monoisotopic (exact) mass is 478 g/mol. The first kappa shape index (κ1) is 23.6. The molecular formula is C22H21F7N2O2. The van der Waals surface area contributed by atoms with Gasteiger partial charge in [0.05, 0.1) is 0 Å². The molecule has 1 fully saturated rings. The van der Waals surface area contributed by atoms with E-state index in [0.29, 0.717) is 30.0 Å². The van der Waals surface area contributed by atoms with Crippen LogP contribution >= 0.6 is 0 Å². The van der Waals surface area contributed by atoms with Crippen LogP contribution in [0.15, 0.2) is 35.1 Å². The van der Waals surface area contributed by atoms with Crippen LogP contribution in [0.2, 0.25) is 0 Å². The van der Waals surface area contributed by atoms with Crippen molar-refractivity contribution in [2.45, 2.75) is 62.6 Å². The minimum Gasteiger partial charge on any atom is -0.364 e. The summed E-state index contributed by atoms with van der Waals surface area (Å²) in [6, 6.07) is 3.73. The van der Waals surface area contributed by atoms with E-state index in [1.165, 1.54) is 18.4 Å². The van der Waals surface area contributed by atoms with Gasteiger partial charge in [0.25, 0.3) is 5.91 Å². The normalized spacial score (nSPS) is 24.2. The van der Waals surface area contributed by atoms with Gasteiger partial charge in [-0.15, -0.1) is 0 Å². The first-order valence-electron chi connectivity index (χ1n) is 10.5. The molecule has 11 heteroatoms. The van der Waals surface area contributed by atoms with E-state index >= 15 is 0 Å². The molecule has 0 spiro atoms. The average Bonchev–Trinajstić information content (AvgIpc) is 3.41. The highest BCUT2D eigenvalue weighted by Crippen LogP contribution is 2.55. The molecule has 1 amide bonds. The maximum Gasteiger partial charge on any atom is 0.435 e. The molecule has 1 N–H and O–H groups in total. The fourth-order valence-electron chi connectivity index (χ4n) is 5.45. The van der Waals surface area contributed by atoms with E-state index in [1.807, 2.05) is 6.92 Å². The highest BCUT2D eigenvalue weighted by Gasteiger charge is 2.73. The SMILES string of the molecule is CC(NC(=O)c1ccon1)[C@@H]1CCC2c3ccc(C(F)(C(F)(F)F)C(F)(F)F)cc3CCC21. The third-order valence-corrected chi connectivity index (χ3v) is 7.02. The zero-order valence-electron chi connectivity index (χ0n) is 17.4. The molecule has 4 nitrogen and oxygen atoms in total. The molecule has 0 aliphatic heterocycles. The van der Waals surface area contributed by atoms with Crippen LogP contribution in [0, 0.1) is 11.8 Å². The van der Waals surface area contributed by atoms with Gasteiger partial charge in [0.2, 0.25) is 0 Å². The lowest BCUT2D eigenvalue weighted by molar-refractivity contribution is -0.348. The Morgan fingerprint density at radius 2 is 1.76 bits per heavy atom. The van der Waals surface area contributed by atoms with Gasteiger partial charge < -0.3 is 9.84 Å². The predicted octanol–water partition coefficient (Wildman–Crippen LogP) is 5.84. The predicted molar refractivity (Wildman–Crippen MR) is 102 cm³/mol. The zero-order chi connectivity index (χ0) is 24.2. The molecule has 0 radical (unpaired) electrons. The second kappa shape index (κ2) is 8.02. The number of carbonyl (C=O) groups is 1. The molecule has 0 saturated heterocycles. The van der Waals surface area contributed by atoms with Crippen molar-refractivity contribution in [2.24, 2.45) is 11.8 Å². The first-order valence-corrected chi connectivity index (χ1v) is 10.5. The van der Waals surface area contributed by atoms with Crippen molar-refractivity contribution in [1.29, 1.82) is 0 Å². The molecule has 0 bridgehead atoms. The van der Waals surface area contributed by atoms with Crippen molar-refractivity contribution in [3.63, 3.8) is 0 Å². The fourth-order valence-corrected chi connectivity index (χ4v) is 5.45. The zero-order valence-corrected chi connectivity index (χ0v) is 17.4. The molecule has 4 rings (SSSR count). The second-order valence-corrected chi connectivity index (χ2v) is 8.76. The number of nitrogens with one attached hydrogen (secondary N) is 1. The summed E-state index contributed by atoms with van der Waals surface area (Å²) < 4.78 is 98.0. The van der Waals surface area contributed by atoms with Crippen molar-refractivity contribution in [2.75, 3.05) is 0 Å². The van der Waals surface area contributed by atoms with Crippen molar-refractivity contribution >= 4 is 5.91 Å². The van der Waals surface area contributed by atoms with Gasteiger partial charge >= 0.3 is 18.0 Å². The van der Waals surface area contributed by atoms with Gasteiger partial charge in [0.15, 0.2) is 5.69 Å². The summed E-state index contributed by atoms with van der Waals surface area (Å²) in [6.45, 7) is 1.85. The highest BCUT2D eigenvalue weighted by atomic mass is 19.4. The van der Waals surface area contributed by atoms with Crippen LogP contribution < -0.4 is 5.32 Å². The van der Waals surface area contributed by atoms with Gasteiger partial charge in [0.1, 0.15) is 6.26 Å². The van der Waals surface area contributed by atoms with Crippen molar-refractivity contribution in [1.82, 2.24) is 10.5 Å². The molecule has 1 saturated carbocycles. The van der Waals surface area contributed by atoms with E-state index in [2.05, 4.69) is 15.0 Å². The van der Waals surface area contributed by atoms with Crippen molar-refractivity contribution in [3.05, 3.63) is 52.9 Å². The maximum absolute atomic E-state index is 14.5. The standard InChI is InChI=1S/C22H21F7N2O2/c1-11(30-19(32)18-8-9-33-31-18)14-6-7-17-15-5-3-13(10-12(15)2-4-16(14)17)20(23,21(24,25)26)22(27,28)29/h3,5,8-11,14,16-17H,2,4,6-7H2,1H3,(H,30,32)/t11?,14-,16?,17?/m0/s1. The van der Waals surface area contributed by atoms with Crippen LogP contribution in [0.25, 0.3) is 0 Å². The summed E-state index contributed by atoms with van der Waals surface area (Å²) in [7, 11) is 0. The van der Waals surface area contributed by atoms with Crippen LogP contribution in [-0.4, -0.2) is 29.5 Å². The van der Waals surface area contributed by atoms with Crippen LogP contribution in [0.5, 0.6) is 0 Å². The van der Waals surface area contributed by atoms with E-state index in [0.717, 1.165) is 12.5 Å². The highest BCUT2D eigenvalue weighted by molar-refractivity contribution is 5.92. The quantitative estimate of drug-likeness (QED) is 0.562. The minimum atomic E-state index is -6.13. The number of nitrogens with zero attached hydrogens (tertiary/aromatic N) is 1. The lowest BCUT2D eigenvalue weighted by Gasteiger charge is -2.36. The van der Waals surface area contributed by atoms with Gasteiger partial charge in [-0.05, 0) is 61.5 Å². The lowest BCUT2D eigenvalue weighted by Crippen LogP contribution is -2.50. The number of halogens is 7. The summed E-state index contributed by atoms with van der Waals surface area (Å²) >= 11 is 0. The van der Waals surface area contributed by atoms with Crippen LogP contribution in [-0.2, 0) is 12.1 Å². The molecule has 3 unspecified atom stereocenters. The van der Waals surface area contributed by atoms with Crippen LogP contribution in [0.1, 0.15) is 59.3 Å². The summed E-state index contributed by atoms with van der Waals surface area (Å²) in [5.74, 6) is -0.301. The van der Waals surface area contributed by atoms with Gasteiger partial charge in [-0.3, -0.25) is 4.79 Å². The molecule has 33 heavy (non-hydrogen) atoms. The van der Waals surface area contributed by atoms with E-state index < -0.39 is 23.6 Å². The smallest absolute Gasteiger partial charge is 0.364 e. The number of amides is 1. The summed E-state index contributed by atoms with van der Waals surface area (Å²) in [6.07, 6.45) is -8.83. The topological polar surface area (TPSA) is 55.1 Å². The summed E-state index contributed by atoms with van der Waals surface area (Å²) in [5.41, 5.74) is -5.77. The molecular weight excluding hydrogens is 457 g/mol. The number of carbonyl (C=O) groups excluding carboxylic acids is 1. The van der Waals surface area contributed by atoms with E-state index in [-0.39, 0.29) is 41.8 Å². The molecule has 2 aliphatic rings. The Labute approximate surface area is 184 Å². The Hall–Kier alpha value is -2.59. The molecule has 1 aromatic heterocycles. The molecule has 1 aromatic carbocycles. The number of hydrogen-bond donors (Lipinski definition) is 1. The molecule has 2 aromatic rings. The average molecular weight is 478 g/mol. The Morgan fingerprint density at radius 3 is 2.36 bits per heavy atom. The van der Waals surface area contributed by atoms with Crippen molar-refractivity contribution < 1.29 is 40.1 Å². The maximum atomic E-state index is 14.5. The van der Waals surface area contributed by atoms with Gasteiger partial charge in [-0.1, -0.05) is 23.4 Å². The van der Waals surface area contributed by atoms with E-state index in [9.17, 15) is 35.5 Å². The lowest BCUT2D eigenvalue weighted by atomic mass is 9.72. The number of benzene rings is 1. The van der Waals surface area contributed by atoms with Crippen LogP contribution in [0.4, 0.5) is 30.7 Å². The minimum absolute atomic E-state index is 0.0734. The third kappa shape index (κ3) is 3.89. The Morgan fingerprint density at radius 1 is 1.06 bits per heavy atom. The van der Waals surface area contributed by atoms with E-state index in [4.69, 9.17) is 0 Å². The Kier molecular flexibility index (Phi) is 5.73. The Bertz CT molecular complexity index is 1000. The first-order chi connectivity index (χ1) is 15.3.